The van der Waals surface area contributed by atoms with Crippen LogP contribution in [0.5, 0.6) is 0 Å². The molecule has 2 fully saturated rings. The van der Waals surface area contributed by atoms with E-state index in [-0.39, 0.29) is 11.0 Å². The Kier molecular flexibility index (Phi) is 3.92. The number of hydrogen-bond acceptors (Lipinski definition) is 4. The molecule has 1 unspecified atom stereocenters. The third-order valence-electron chi connectivity index (χ3n) is 4.61. The lowest BCUT2D eigenvalue weighted by atomic mass is 9.93. The van der Waals surface area contributed by atoms with Gasteiger partial charge in [0.25, 0.3) is 0 Å². The molecule has 1 N–H and O–H groups in total. The number of nitrogens with one attached hydrogen (secondary N) is 1. The highest BCUT2D eigenvalue weighted by atomic mass is 32.1. The van der Waals surface area contributed by atoms with Crippen LogP contribution >= 0.6 is 11.3 Å². The van der Waals surface area contributed by atoms with E-state index >= 15 is 0 Å². The fourth-order valence-electron chi connectivity index (χ4n) is 3.34. The first-order valence-corrected chi connectivity index (χ1v) is 9.16. The number of thiazole rings is 1. The molecule has 1 saturated heterocycles. The second-order valence-corrected chi connectivity index (χ2v) is 8.98. The summed E-state index contributed by atoms with van der Waals surface area (Å²) in [4.78, 5) is 7.71. The predicted octanol–water partition coefficient (Wildman–Crippen LogP) is 3.50. The average Bonchev–Trinajstić information content (AvgIpc) is 2.92. The molecule has 3 nitrogen and oxygen atoms in total. The van der Waals surface area contributed by atoms with E-state index in [4.69, 9.17) is 4.98 Å². The molecule has 1 aliphatic carbocycles. The zero-order valence-electron chi connectivity index (χ0n) is 14.1. The smallest absolute Gasteiger partial charge is 0.114 e. The van der Waals surface area contributed by atoms with Crippen molar-refractivity contribution in [1.29, 1.82) is 0 Å². The third-order valence-corrected chi connectivity index (χ3v) is 5.66. The van der Waals surface area contributed by atoms with Gasteiger partial charge in [0.2, 0.25) is 0 Å². The minimum absolute atomic E-state index is 0.0743. The van der Waals surface area contributed by atoms with Crippen LogP contribution in [0.3, 0.4) is 0 Å². The van der Waals surface area contributed by atoms with Crippen molar-refractivity contribution in [2.24, 2.45) is 0 Å². The van der Waals surface area contributed by atoms with Gasteiger partial charge in [-0.05, 0) is 33.1 Å². The maximum atomic E-state index is 5.03. The molecule has 1 atom stereocenters. The largest absolute Gasteiger partial charge is 0.302 e. The van der Waals surface area contributed by atoms with Crippen LogP contribution in [-0.4, -0.2) is 35.1 Å². The summed E-state index contributed by atoms with van der Waals surface area (Å²) < 4.78 is 0. The lowest BCUT2D eigenvalue weighted by molar-refractivity contribution is 0.261. The van der Waals surface area contributed by atoms with Gasteiger partial charge in [-0.25, -0.2) is 4.98 Å². The van der Waals surface area contributed by atoms with E-state index in [0.29, 0.717) is 6.04 Å². The Morgan fingerprint density at radius 1 is 1.38 bits per heavy atom. The summed E-state index contributed by atoms with van der Waals surface area (Å²) in [7, 11) is 0. The number of nitrogens with zero attached hydrogens (tertiary/aromatic N) is 2. The Morgan fingerprint density at radius 3 is 2.62 bits per heavy atom. The quantitative estimate of drug-likeness (QED) is 0.923. The fourth-order valence-corrected chi connectivity index (χ4v) is 4.57. The summed E-state index contributed by atoms with van der Waals surface area (Å²) in [5.74, 6) is 0. The molecule has 1 aromatic rings. The van der Waals surface area contributed by atoms with E-state index in [2.05, 4.69) is 50.2 Å². The van der Waals surface area contributed by atoms with Gasteiger partial charge >= 0.3 is 0 Å². The van der Waals surface area contributed by atoms with Crippen LogP contribution < -0.4 is 5.32 Å². The molecule has 4 heteroatoms. The standard InChI is InChI=1S/C17H29N3S/c1-12(2)19-17(8-9-20(11-17)13-6-7-13)15-18-14(10-21-15)16(3,4)5/h10,12-13,19H,6-9,11H2,1-5H3. The first-order chi connectivity index (χ1) is 9.80. The number of hydrogen-bond donors (Lipinski definition) is 1. The highest BCUT2D eigenvalue weighted by Gasteiger charge is 2.46. The van der Waals surface area contributed by atoms with Crippen molar-refractivity contribution in [1.82, 2.24) is 15.2 Å². The van der Waals surface area contributed by atoms with Crippen LogP contribution in [0.25, 0.3) is 0 Å². The summed E-state index contributed by atoms with van der Waals surface area (Å²) in [5, 5.41) is 7.41. The summed E-state index contributed by atoms with van der Waals surface area (Å²) in [5.41, 5.74) is 1.45. The molecule has 1 aliphatic heterocycles. The molecule has 0 aromatic carbocycles. The average molecular weight is 308 g/mol. The van der Waals surface area contributed by atoms with Gasteiger partial charge in [-0.15, -0.1) is 11.3 Å². The van der Waals surface area contributed by atoms with E-state index in [1.807, 2.05) is 11.3 Å². The second-order valence-electron chi connectivity index (χ2n) is 8.12. The van der Waals surface area contributed by atoms with E-state index in [1.165, 1.54) is 36.5 Å². The first kappa shape index (κ1) is 15.4. The lowest BCUT2D eigenvalue weighted by Crippen LogP contribution is -2.48. The van der Waals surface area contributed by atoms with Crippen LogP contribution in [0.15, 0.2) is 5.38 Å². The molecule has 118 valence electrons. The molecule has 1 aromatic heterocycles. The summed E-state index contributed by atoms with van der Waals surface area (Å²) in [6.07, 6.45) is 3.98. The van der Waals surface area contributed by atoms with Crippen LogP contribution in [0, 0.1) is 0 Å². The van der Waals surface area contributed by atoms with Gasteiger partial charge in [0, 0.05) is 36.0 Å². The van der Waals surface area contributed by atoms with Crippen LogP contribution in [0.2, 0.25) is 0 Å². The minimum Gasteiger partial charge on any atom is -0.302 e. The Hall–Kier alpha value is -0.450. The first-order valence-electron chi connectivity index (χ1n) is 8.28. The van der Waals surface area contributed by atoms with Crippen molar-refractivity contribution < 1.29 is 0 Å². The maximum absolute atomic E-state index is 5.03. The van der Waals surface area contributed by atoms with Gasteiger partial charge in [-0.1, -0.05) is 20.8 Å². The van der Waals surface area contributed by atoms with Gasteiger partial charge in [-0.3, -0.25) is 4.90 Å². The van der Waals surface area contributed by atoms with Crippen LogP contribution in [0.4, 0.5) is 0 Å². The molecule has 0 amide bonds. The monoisotopic (exact) mass is 307 g/mol. The third kappa shape index (κ3) is 3.17. The van der Waals surface area contributed by atoms with E-state index in [0.717, 1.165) is 12.6 Å². The Balaban J connectivity index is 1.87. The molecular weight excluding hydrogens is 278 g/mol. The van der Waals surface area contributed by atoms with Crippen molar-refractivity contribution in [2.45, 2.75) is 76.9 Å². The minimum atomic E-state index is 0.0743. The highest BCUT2D eigenvalue weighted by Crippen LogP contribution is 2.40. The van der Waals surface area contributed by atoms with Crippen LogP contribution in [-0.2, 0) is 11.0 Å². The van der Waals surface area contributed by atoms with E-state index < -0.39 is 0 Å². The van der Waals surface area contributed by atoms with Gasteiger partial charge in [0.1, 0.15) is 5.01 Å². The molecule has 2 aliphatic rings. The van der Waals surface area contributed by atoms with Crippen molar-refractivity contribution >= 4 is 11.3 Å². The van der Waals surface area contributed by atoms with Gasteiger partial charge in [-0.2, -0.15) is 0 Å². The van der Waals surface area contributed by atoms with Gasteiger partial charge in [0.15, 0.2) is 0 Å². The van der Waals surface area contributed by atoms with Crippen molar-refractivity contribution in [2.75, 3.05) is 13.1 Å². The molecule has 1 saturated carbocycles. The highest BCUT2D eigenvalue weighted by molar-refractivity contribution is 7.09. The zero-order chi connectivity index (χ0) is 15.3. The topological polar surface area (TPSA) is 28.2 Å². The molecule has 21 heavy (non-hydrogen) atoms. The summed E-state index contributed by atoms with van der Waals surface area (Å²) in [6, 6.07) is 1.34. The van der Waals surface area contributed by atoms with Crippen molar-refractivity contribution in [3.63, 3.8) is 0 Å². The number of likely N-dealkylation sites (tertiary alicyclic amines) is 1. The Labute approximate surface area is 133 Å². The Bertz CT molecular complexity index is 498. The molecule has 0 bridgehead atoms. The molecule has 0 radical (unpaired) electrons. The SMILES string of the molecule is CC(C)NC1(c2nc(C(C)(C)C)cs2)CCN(C2CC2)C1. The summed E-state index contributed by atoms with van der Waals surface area (Å²) >= 11 is 1.85. The molecule has 3 rings (SSSR count). The molecule has 0 spiro atoms. The summed E-state index contributed by atoms with van der Waals surface area (Å²) in [6.45, 7) is 13.6. The van der Waals surface area contributed by atoms with Crippen molar-refractivity contribution in [3.8, 4) is 0 Å². The van der Waals surface area contributed by atoms with E-state index in [9.17, 15) is 0 Å². The van der Waals surface area contributed by atoms with Crippen LogP contribution in [0.1, 0.15) is 64.6 Å². The number of aromatic nitrogens is 1. The molecular formula is C17H29N3S. The molecule has 2 heterocycles. The number of rotatable bonds is 4. The Morgan fingerprint density at radius 2 is 2.10 bits per heavy atom. The fraction of sp³-hybridized carbons (Fsp3) is 0.824. The zero-order valence-corrected chi connectivity index (χ0v) is 14.9. The van der Waals surface area contributed by atoms with Gasteiger partial charge < -0.3 is 5.32 Å². The normalized spacial score (nSPS) is 27.7. The van der Waals surface area contributed by atoms with Crippen molar-refractivity contribution in [3.05, 3.63) is 16.1 Å². The van der Waals surface area contributed by atoms with Gasteiger partial charge in [0.05, 0.1) is 11.2 Å². The lowest BCUT2D eigenvalue weighted by Gasteiger charge is -2.31. The predicted molar refractivity (Wildman–Crippen MR) is 90.0 cm³/mol. The second kappa shape index (κ2) is 5.32. The maximum Gasteiger partial charge on any atom is 0.114 e. The van der Waals surface area contributed by atoms with E-state index in [1.54, 1.807) is 0 Å².